The van der Waals surface area contributed by atoms with Crippen molar-refractivity contribution in [2.45, 2.75) is 0 Å². The predicted molar refractivity (Wildman–Crippen MR) is 61.7 cm³/mol. The van der Waals surface area contributed by atoms with E-state index in [1.54, 1.807) is 50.2 Å². The van der Waals surface area contributed by atoms with Gasteiger partial charge in [0.15, 0.2) is 11.5 Å². The summed E-state index contributed by atoms with van der Waals surface area (Å²) in [5, 5.41) is 4.08. The lowest BCUT2D eigenvalue weighted by Gasteiger charge is -2.09. The van der Waals surface area contributed by atoms with Crippen molar-refractivity contribution in [1.82, 2.24) is 9.78 Å². The third-order valence-corrected chi connectivity index (χ3v) is 2.21. The van der Waals surface area contributed by atoms with Crippen LogP contribution in [0, 0.1) is 6.20 Å². The number of aryl methyl sites for hydroxylation is 1. The van der Waals surface area contributed by atoms with Gasteiger partial charge in [0, 0.05) is 19.2 Å². The van der Waals surface area contributed by atoms with Crippen LogP contribution in [0.1, 0.15) is 0 Å². The molecule has 5 heteroatoms. The third kappa shape index (κ3) is 2.50. The first-order valence-corrected chi connectivity index (χ1v) is 5.04. The Bertz CT molecular complexity index is 508. The van der Waals surface area contributed by atoms with E-state index in [1.807, 2.05) is 0 Å². The number of hydrogen-bond acceptors (Lipinski definition) is 4. The summed E-state index contributed by atoms with van der Waals surface area (Å²) in [7, 11) is 4.95. The zero-order chi connectivity index (χ0) is 12.3. The Morgan fingerprint density at radius 2 is 2.00 bits per heavy atom. The maximum absolute atomic E-state index is 5.58. The van der Waals surface area contributed by atoms with E-state index in [1.165, 1.54) is 0 Å². The van der Waals surface area contributed by atoms with Gasteiger partial charge in [-0.15, -0.1) is 5.10 Å². The Kier molecular flexibility index (Phi) is 3.18. The fraction of sp³-hybridized carbons (Fsp3) is 0.250. The number of hydrogen-bond donors (Lipinski definition) is 0. The van der Waals surface area contributed by atoms with Crippen LogP contribution in [-0.4, -0.2) is 24.0 Å². The molecule has 0 unspecified atom stereocenters. The van der Waals surface area contributed by atoms with Crippen molar-refractivity contribution in [3.05, 3.63) is 30.5 Å². The minimum absolute atomic E-state index is 0.468. The molecule has 0 spiro atoms. The van der Waals surface area contributed by atoms with Gasteiger partial charge in [0.25, 0.3) is 0 Å². The van der Waals surface area contributed by atoms with Crippen LogP contribution in [0.15, 0.2) is 24.3 Å². The van der Waals surface area contributed by atoms with Gasteiger partial charge >= 0.3 is 0 Å². The van der Waals surface area contributed by atoms with Crippen LogP contribution in [0.2, 0.25) is 0 Å². The third-order valence-electron chi connectivity index (χ3n) is 2.21. The molecule has 2 rings (SSSR count). The average Bonchev–Trinajstić information content (AvgIpc) is 2.75. The van der Waals surface area contributed by atoms with Gasteiger partial charge in [-0.1, -0.05) is 0 Å². The second-order valence-electron chi connectivity index (χ2n) is 3.35. The van der Waals surface area contributed by atoms with Crippen molar-refractivity contribution in [3.63, 3.8) is 0 Å². The molecule has 1 aromatic heterocycles. The van der Waals surface area contributed by atoms with Gasteiger partial charge in [0.1, 0.15) is 5.75 Å². The topological polar surface area (TPSA) is 45.5 Å². The molecule has 2 aromatic rings. The molecule has 89 valence electrons. The first-order valence-electron chi connectivity index (χ1n) is 5.04. The molecule has 0 fully saturated rings. The molecule has 0 saturated carbocycles. The van der Waals surface area contributed by atoms with Crippen LogP contribution in [0.3, 0.4) is 0 Å². The van der Waals surface area contributed by atoms with Crippen LogP contribution >= 0.6 is 0 Å². The van der Waals surface area contributed by atoms with Gasteiger partial charge in [-0.2, -0.15) is 0 Å². The lowest BCUT2D eigenvalue weighted by Crippen LogP contribution is -1.93. The molecule has 0 aliphatic rings. The number of rotatable bonds is 4. The quantitative estimate of drug-likeness (QED) is 0.810. The Hall–Kier alpha value is -2.17. The van der Waals surface area contributed by atoms with E-state index in [0.717, 1.165) is 0 Å². The highest BCUT2D eigenvalue weighted by atomic mass is 16.5. The van der Waals surface area contributed by atoms with E-state index >= 15 is 0 Å². The first-order chi connectivity index (χ1) is 8.22. The molecular formula is C12H13N2O3. The van der Waals surface area contributed by atoms with Crippen LogP contribution in [0.25, 0.3) is 0 Å². The fourth-order valence-electron chi connectivity index (χ4n) is 1.38. The fourth-order valence-corrected chi connectivity index (χ4v) is 1.38. The van der Waals surface area contributed by atoms with E-state index in [0.29, 0.717) is 23.1 Å². The van der Waals surface area contributed by atoms with Crippen LogP contribution in [0.5, 0.6) is 23.1 Å². The highest BCUT2D eigenvalue weighted by molar-refractivity contribution is 5.46. The molecular weight excluding hydrogens is 220 g/mol. The SMILES string of the molecule is COc1ccc(Oc2c[c]n(C)n2)c(OC)c1. The van der Waals surface area contributed by atoms with Crippen molar-refractivity contribution in [2.75, 3.05) is 14.2 Å². The van der Waals surface area contributed by atoms with Gasteiger partial charge < -0.3 is 14.2 Å². The number of methoxy groups -OCH3 is 2. The minimum Gasteiger partial charge on any atom is -0.497 e. The van der Waals surface area contributed by atoms with E-state index in [9.17, 15) is 0 Å². The Balaban J connectivity index is 2.26. The molecule has 0 bridgehead atoms. The maximum atomic E-state index is 5.58. The van der Waals surface area contributed by atoms with E-state index in [2.05, 4.69) is 11.3 Å². The summed E-state index contributed by atoms with van der Waals surface area (Å²) in [6.07, 6.45) is 2.86. The van der Waals surface area contributed by atoms with E-state index in [-0.39, 0.29) is 0 Å². The van der Waals surface area contributed by atoms with Gasteiger partial charge in [0.05, 0.1) is 20.4 Å². The molecule has 0 N–H and O–H groups in total. The summed E-state index contributed by atoms with van der Waals surface area (Å²) < 4.78 is 17.4. The zero-order valence-corrected chi connectivity index (χ0v) is 9.93. The minimum atomic E-state index is 0.468. The molecule has 1 aromatic carbocycles. The molecule has 0 aliphatic carbocycles. The Morgan fingerprint density at radius 3 is 2.59 bits per heavy atom. The van der Waals surface area contributed by atoms with Crippen molar-refractivity contribution in [2.24, 2.45) is 7.05 Å². The maximum Gasteiger partial charge on any atom is 0.239 e. The van der Waals surface area contributed by atoms with Gasteiger partial charge in [-0.3, -0.25) is 4.68 Å². The van der Waals surface area contributed by atoms with Crippen molar-refractivity contribution < 1.29 is 14.2 Å². The van der Waals surface area contributed by atoms with Crippen LogP contribution in [-0.2, 0) is 7.05 Å². The number of nitrogens with zero attached hydrogens (tertiary/aromatic N) is 2. The van der Waals surface area contributed by atoms with Crippen molar-refractivity contribution in [3.8, 4) is 23.1 Å². The van der Waals surface area contributed by atoms with E-state index < -0.39 is 0 Å². The van der Waals surface area contributed by atoms with E-state index in [4.69, 9.17) is 14.2 Å². The summed E-state index contributed by atoms with van der Waals surface area (Å²) >= 11 is 0. The summed E-state index contributed by atoms with van der Waals surface area (Å²) in [6, 6.07) is 6.97. The van der Waals surface area contributed by atoms with Crippen LogP contribution < -0.4 is 14.2 Å². The molecule has 0 saturated heterocycles. The monoisotopic (exact) mass is 233 g/mol. The Morgan fingerprint density at radius 1 is 1.18 bits per heavy atom. The van der Waals surface area contributed by atoms with Crippen molar-refractivity contribution in [1.29, 1.82) is 0 Å². The molecule has 0 amide bonds. The molecule has 0 aliphatic heterocycles. The lowest BCUT2D eigenvalue weighted by atomic mass is 10.3. The first kappa shape index (κ1) is 11.3. The average molecular weight is 233 g/mol. The van der Waals surface area contributed by atoms with Gasteiger partial charge in [0.2, 0.25) is 5.88 Å². The molecule has 0 atom stereocenters. The molecule has 1 heterocycles. The largest absolute Gasteiger partial charge is 0.497 e. The predicted octanol–water partition coefficient (Wildman–Crippen LogP) is 2.03. The summed E-state index contributed by atoms with van der Waals surface area (Å²) in [5.41, 5.74) is 0. The molecule has 5 nitrogen and oxygen atoms in total. The van der Waals surface area contributed by atoms with Crippen molar-refractivity contribution >= 4 is 0 Å². The zero-order valence-electron chi connectivity index (χ0n) is 9.93. The summed E-state index contributed by atoms with van der Waals surface area (Å²) in [4.78, 5) is 0. The summed E-state index contributed by atoms with van der Waals surface area (Å²) in [5.74, 6) is 2.35. The number of benzene rings is 1. The van der Waals surface area contributed by atoms with Gasteiger partial charge in [-0.05, 0) is 12.1 Å². The highest BCUT2D eigenvalue weighted by Gasteiger charge is 2.08. The number of ether oxygens (including phenoxy) is 3. The number of aromatic nitrogens is 2. The van der Waals surface area contributed by atoms with Crippen LogP contribution in [0.4, 0.5) is 0 Å². The second kappa shape index (κ2) is 4.78. The summed E-state index contributed by atoms with van der Waals surface area (Å²) in [6.45, 7) is 0. The molecule has 1 radical (unpaired) electrons. The highest BCUT2D eigenvalue weighted by Crippen LogP contribution is 2.33. The molecule has 17 heavy (non-hydrogen) atoms. The standard InChI is InChI=1S/C12H13N2O3/c1-14-7-6-12(13-14)17-10-5-4-9(15-2)8-11(10)16-3/h4-6,8H,1-3H3. The Labute approximate surface area is 99.5 Å². The smallest absolute Gasteiger partial charge is 0.239 e. The van der Waals surface area contributed by atoms with Gasteiger partial charge in [-0.25, -0.2) is 0 Å². The lowest BCUT2D eigenvalue weighted by molar-refractivity contribution is 0.364. The normalized spacial score (nSPS) is 10.1. The second-order valence-corrected chi connectivity index (χ2v) is 3.35.